The highest BCUT2D eigenvalue weighted by Gasteiger charge is 2.32. The van der Waals surface area contributed by atoms with Crippen LogP contribution in [0, 0.1) is 5.92 Å². The van der Waals surface area contributed by atoms with Gasteiger partial charge in [0, 0.05) is 6.04 Å². The van der Waals surface area contributed by atoms with Gasteiger partial charge in [-0.2, -0.15) is 0 Å². The first-order valence-electron chi connectivity index (χ1n) is 6.02. The normalized spacial score (nSPS) is 23.0. The van der Waals surface area contributed by atoms with Crippen molar-refractivity contribution in [1.29, 1.82) is 0 Å². The molecule has 6 heteroatoms. The molecule has 1 fully saturated rings. The average Bonchev–Trinajstić information content (AvgIpc) is 2.38. The molecule has 1 aliphatic carbocycles. The number of carbonyl (C=O) groups is 3. The number of esters is 2. The maximum absolute atomic E-state index is 11.6. The predicted molar refractivity (Wildman–Crippen MR) is 62.5 cm³/mol. The zero-order chi connectivity index (χ0) is 13.5. The lowest BCUT2D eigenvalue weighted by Crippen LogP contribution is -2.45. The molecule has 1 aliphatic rings. The van der Waals surface area contributed by atoms with Crippen LogP contribution in [0.5, 0.6) is 0 Å². The molecule has 2 unspecified atom stereocenters. The fourth-order valence-corrected chi connectivity index (χ4v) is 2.20. The molecule has 0 bridgehead atoms. The number of carbonyl (C=O) groups excluding carboxylic acids is 3. The largest absolute Gasteiger partial charge is 0.469 e. The Morgan fingerprint density at radius 3 is 2.39 bits per heavy atom. The Morgan fingerprint density at radius 2 is 1.78 bits per heavy atom. The van der Waals surface area contributed by atoms with Crippen LogP contribution in [0.25, 0.3) is 0 Å². The highest BCUT2D eigenvalue weighted by atomic mass is 16.5. The molecule has 1 saturated carbocycles. The second-order valence-electron chi connectivity index (χ2n) is 4.34. The standard InChI is InChI=1S/C12H19NO5/c1-17-11(15)7-10(14)13-9-6-4-3-5-8(9)12(16)18-2/h8-9H,3-7H2,1-2H3,(H,13,14). The first kappa shape index (κ1) is 14.5. The van der Waals surface area contributed by atoms with E-state index in [1.54, 1.807) is 0 Å². The summed E-state index contributed by atoms with van der Waals surface area (Å²) in [7, 11) is 2.57. The van der Waals surface area contributed by atoms with Crippen molar-refractivity contribution < 1.29 is 23.9 Å². The van der Waals surface area contributed by atoms with E-state index in [1.165, 1.54) is 14.2 Å². The van der Waals surface area contributed by atoms with E-state index in [1.807, 2.05) is 0 Å². The predicted octanol–water partition coefficient (Wildman–Crippen LogP) is 0.397. The Balaban J connectivity index is 2.54. The second-order valence-corrected chi connectivity index (χ2v) is 4.34. The highest BCUT2D eigenvalue weighted by Crippen LogP contribution is 2.25. The zero-order valence-corrected chi connectivity index (χ0v) is 10.7. The molecule has 0 radical (unpaired) electrons. The fourth-order valence-electron chi connectivity index (χ4n) is 2.20. The maximum atomic E-state index is 11.6. The highest BCUT2D eigenvalue weighted by molar-refractivity contribution is 5.94. The molecule has 0 aromatic heterocycles. The van der Waals surface area contributed by atoms with E-state index in [-0.39, 0.29) is 24.3 Å². The van der Waals surface area contributed by atoms with Gasteiger partial charge in [-0.05, 0) is 12.8 Å². The van der Waals surface area contributed by atoms with Gasteiger partial charge in [0.15, 0.2) is 0 Å². The van der Waals surface area contributed by atoms with E-state index in [4.69, 9.17) is 4.74 Å². The van der Waals surface area contributed by atoms with Gasteiger partial charge in [0.05, 0.1) is 20.1 Å². The van der Waals surface area contributed by atoms with Crippen molar-refractivity contribution in [2.24, 2.45) is 5.92 Å². The molecule has 1 amide bonds. The smallest absolute Gasteiger partial charge is 0.315 e. The summed E-state index contributed by atoms with van der Waals surface area (Å²) < 4.78 is 9.14. The minimum absolute atomic E-state index is 0.247. The average molecular weight is 257 g/mol. The lowest BCUT2D eigenvalue weighted by atomic mass is 9.84. The van der Waals surface area contributed by atoms with E-state index in [0.717, 1.165) is 19.3 Å². The molecule has 0 spiro atoms. The van der Waals surface area contributed by atoms with Crippen LogP contribution in [0.1, 0.15) is 32.1 Å². The van der Waals surface area contributed by atoms with Gasteiger partial charge < -0.3 is 14.8 Å². The van der Waals surface area contributed by atoms with Gasteiger partial charge in [-0.1, -0.05) is 12.8 Å². The van der Waals surface area contributed by atoms with Crippen LogP contribution in [-0.2, 0) is 23.9 Å². The van der Waals surface area contributed by atoms with E-state index in [0.29, 0.717) is 6.42 Å². The van der Waals surface area contributed by atoms with E-state index in [2.05, 4.69) is 10.1 Å². The van der Waals surface area contributed by atoms with Crippen LogP contribution in [0.2, 0.25) is 0 Å². The number of ether oxygens (including phenoxy) is 2. The maximum Gasteiger partial charge on any atom is 0.315 e. The molecule has 1 N–H and O–H groups in total. The third-order valence-electron chi connectivity index (χ3n) is 3.15. The van der Waals surface area contributed by atoms with Crippen molar-refractivity contribution in [3.8, 4) is 0 Å². The van der Waals surface area contributed by atoms with Crippen molar-refractivity contribution in [2.75, 3.05) is 14.2 Å². The summed E-state index contributed by atoms with van der Waals surface area (Å²) in [5, 5.41) is 2.71. The molecular formula is C12H19NO5. The molecule has 2 atom stereocenters. The minimum Gasteiger partial charge on any atom is -0.469 e. The van der Waals surface area contributed by atoms with Crippen molar-refractivity contribution in [3.63, 3.8) is 0 Å². The van der Waals surface area contributed by atoms with Gasteiger partial charge in [-0.15, -0.1) is 0 Å². The third-order valence-corrected chi connectivity index (χ3v) is 3.15. The van der Waals surface area contributed by atoms with Crippen LogP contribution < -0.4 is 5.32 Å². The third kappa shape index (κ3) is 4.01. The van der Waals surface area contributed by atoms with Crippen molar-refractivity contribution in [3.05, 3.63) is 0 Å². The molecule has 6 nitrogen and oxygen atoms in total. The Morgan fingerprint density at radius 1 is 1.11 bits per heavy atom. The lowest BCUT2D eigenvalue weighted by molar-refractivity contribution is -0.148. The molecule has 0 aromatic carbocycles. The van der Waals surface area contributed by atoms with Gasteiger partial charge in [0.2, 0.25) is 5.91 Å². The summed E-state index contributed by atoms with van der Waals surface area (Å²) in [4.78, 5) is 34.1. The van der Waals surface area contributed by atoms with Crippen LogP contribution in [0.4, 0.5) is 0 Å². The number of methoxy groups -OCH3 is 2. The van der Waals surface area contributed by atoms with Gasteiger partial charge in [-0.3, -0.25) is 14.4 Å². The molecule has 0 saturated heterocycles. The summed E-state index contributed by atoms with van der Waals surface area (Å²) >= 11 is 0. The Bertz CT molecular complexity index is 328. The van der Waals surface area contributed by atoms with Crippen LogP contribution in [0.3, 0.4) is 0 Å². The quantitative estimate of drug-likeness (QED) is 0.582. The summed E-state index contributed by atoms with van der Waals surface area (Å²) in [5.74, 6) is -1.62. The Labute approximate surface area is 106 Å². The summed E-state index contributed by atoms with van der Waals surface area (Å²) in [5.41, 5.74) is 0. The van der Waals surface area contributed by atoms with Crippen LogP contribution >= 0.6 is 0 Å². The van der Waals surface area contributed by atoms with Gasteiger partial charge >= 0.3 is 11.9 Å². The van der Waals surface area contributed by atoms with Gasteiger partial charge in [0.25, 0.3) is 0 Å². The molecule has 102 valence electrons. The SMILES string of the molecule is COC(=O)CC(=O)NC1CCCCC1C(=O)OC. The first-order valence-corrected chi connectivity index (χ1v) is 6.02. The molecular weight excluding hydrogens is 238 g/mol. The molecule has 0 heterocycles. The van der Waals surface area contributed by atoms with Crippen molar-refractivity contribution >= 4 is 17.8 Å². The Kier molecular flexibility index (Phi) is 5.61. The van der Waals surface area contributed by atoms with Crippen LogP contribution in [-0.4, -0.2) is 38.1 Å². The number of rotatable bonds is 4. The van der Waals surface area contributed by atoms with E-state index >= 15 is 0 Å². The number of amides is 1. The number of nitrogens with one attached hydrogen (secondary N) is 1. The molecule has 18 heavy (non-hydrogen) atoms. The first-order chi connectivity index (χ1) is 8.58. The van der Waals surface area contributed by atoms with Gasteiger partial charge in [0.1, 0.15) is 6.42 Å². The zero-order valence-electron chi connectivity index (χ0n) is 10.7. The minimum atomic E-state index is -0.585. The van der Waals surface area contributed by atoms with Gasteiger partial charge in [-0.25, -0.2) is 0 Å². The molecule has 0 aromatic rings. The van der Waals surface area contributed by atoms with E-state index < -0.39 is 11.9 Å². The van der Waals surface area contributed by atoms with Crippen molar-refractivity contribution in [2.45, 2.75) is 38.1 Å². The summed E-state index contributed by atoms with van der Waals surface area (Å²) in [6, 6.07) is -0.247. The lowest BCUT2D eigenvalue weighted by Gasteiger charge is -2.30. The second kappa shape index (κ2) is 6.98. The fraction of sp³-hybridized carbons (Fsp3) is 0.750. The summed E-state index contributed by atoms with van der Waals surface area (Å²) in [6.07, 6.45) is 3.02. The number of hydrogen-bond donors (Lipinski definition) is 1. The van der Waals surface area contributed by atoms with E-state index in [9.17, 15) is 14.4 Å². The van der Waals surface area contributed by atoms with Crippen LogP contribution in [0.15, 0.2) is 0 Å². The molecule has 0 aliphatic heterocycles. The monoisotopic (exact) mass is 257 g/mol. The Hall–Kier alpha value is -1.59. The summed E-state index contributed by atoms with van der Waals surface area (Å²) in [6.45, 7) is 0. The number of hydrogen-bond acceptors (Lipinski definition) is 5. The topological polar surface area (TPSA) is 81.7 Å². The molecule has 1 rings (SSSR count). The van der Waals surface area contributed by atoms with Crippen molar-refractivity contribution in [1.82, 2.24) is 5.32 Å².